The van der Waals surface area contributed by atoms with E-state index in [0.29, 0.717) is 32.1 Å². The summed E-state index contributed by atoms with van der Waals surface area (Å²) in [6.07, 6.45) is 17.4. The summed E-state index contributed by atoms with van der Waals surface area (Å²) in [5.41, 5.74) is 0. The van der Waals surface area contributed by atoms with E-state index in [2.05, 4.69) is 0 Å². The lowest BCUT2D eigenvalue weighted by Gasteiger charge is -2.19. The maximum Gasteiger partial charge on any atom is 0.303 e. The van der Waals surface area contributed by atoms with Crippen LogP contribution < -0.4 is 0 Å². The molecule has 0 aliphatic heterocycles. The third-order valence-corrected chi connectivity index (χ3v) is 4.79. The van der Waals surface area contributed by atoms with Gasteiger partial charge in [0.25, 0.3) is 0 Å². The summed E-state index contributed by atoms with van der Waals surface area (Å²) in [6.45, 7) is 2.04. The Morgan fingerprint density at radius 3 is 2.52 bits per heavy atom. The van der Waals surface area contributed by atoms with Gasteiger partial charge in [-0.2, -0.15) is 0 Å². The van der Waals surface area contributed by atoms with E-state index in [1.807, 2.05) is 49.5 Å². The number of hydrogen-bond donors (Lipinski definition) is 4. The number of aliphatic hydroxyl groups is 3. The maximum absolute atomic E-state index is 10.4. The van der Waals surface area contributed by atoms with Crippen molar-refractivity contribution in [3.8, 4) is 0 Å². The number of rotatable bonds is 12. The van der Waals surface area contributed by atoms with Crippen molar-refractivity contribution in [3.63, 3.8) is 0 Å². The average Bonchev–Trinajstić information content (AvgIpc) is 2.88. The normalized spacial score (nSPS) is 27.6. The number of carboxylic acids is 1. The largest absolute Gasteiger partial charge is 0.481 e. The zero-order chi connectivity index (χ0) is 20.1. The zero-order valence-electron chi connectivity index (χ0n) is 16.2. The SMILES string of the molecule is CC/C=C\C[C@@H](O)/C=C/[C@H]1[C@@H](C/C=C\C/C=C\CCC(=O)O)[C@@H](O)C[C@H]1O. The molecule has 5 atom stereocenters. The van der Waals surface area contributed by atoms with Gasteiger partial charge in [-0.1, -0.05) is 55.5 Å². The fraction of sp³-hybridized carbons (Fsp3) is 0.591. The van der Waals surface area contributed by atoms with Crippen LogP contribution in [0.5, 0.6) is 0 Å². The Morgan fingerprint density at radius 1 is 1.07 bits per heavy atom. The van der Waals surface area contributed by atoms with Gasteiger partial charge in [-0.15, -0.1) is 0 Å². The fourth-order valence-corrected chi connectivity index (χ4v) is 3.29. The third kappa shape index (κ3) is 9.70. The summed E-state index contributed by atoms with van der Waals surface area (Å²) in [5.74, 6) is -1.03. The first kappa shape index (κ1) is 23.3. The molecule has 1 aliphatic rings. The van der Waals surface area contributed by atoms with Gasteiger partial charge in [0.05, 0.1) is 18.3 Å². The Bertz CT molecular complexity index is 535. The molecule has 0 amide bonds. The number of carboxylic acid groups (broad SMARTS) is 1. The van der Waals surface area contributed by atoms with E-state index in [1.165, 1.54) is 0 Å². The summed E-state index contributed by atoms with van der Waals surface area (Å²) in [5, 5.41) is 39.0. The number of allylic oxidation sites excluding steroid dienone is 5. The highest BCUT2D eigenvalue weighted by molar-refractivity contribution is 5.66. The van der Waals surface area contributed by atoms with Gasteiger partial charge in [-0.05, 0) is 38.0 Å². The molecule has 152 valence electrons. The van der Waals surface area contributed by atoms with E-state index in [1.54, 1.807) is 6.08 Å². The van der Waals surface area contributed by atoms with Crippen LogP contribution in [0.4, 0.5) is 0 Å². The maximum atomic E-state index is 10.4. The zero-order valence-corrected chi connectivity index (χ0v) is 16.2. The molecule has 0 bridgehead atoms. The van der Waals surface area contributed by atoms with Crippen LogP contribution in [-0.4, -0.2) is 44.7 Å². The Labute approximate surface area is 162 Å². The first-order valence-electron chi connectivity index (χ1n) is 9.85. The molecule has 4 N–H and O–H groups in total. The van der Waals surface area contributed by atoms with Crippen molar-refractivity contribution < 1.29 is 25.2 Å². The van der Waals surface area contributed by atoms with Crippen molar-refractivity contribution in [3.05, 3.63) is 48.6 Å². The molecule has 5 nitrogen and oxygen atoms in total. The Kier molecular flexibility index (Phi) is 11.7. The molecule has 0 saturated heterocycles. The summed E-state index contributed by atoms with van der Waals surface area (Å²) in [7, 11) is 0. The van der Waals surface area contributed by atoms with Crippen LogP contribution in [0.25, 0.3) is 0 Å². The summed E-state index contributed by atoms with van der Waals surface area (Å²) in [4.78, 5) is 10.4. The van der Waals surface area contributed by atoms with Crippen molar-refractivity contribution in [1.82, 2.24) is 0 Å². The second-order valence-corrected chi connectivity index (χ2v) is 7.03. The minimum atomic E-state index is -0.797. The van der Waals surface area contributed by atoms with E-state index >= 15 is 0 Å². The van der Waals surface area contributed by atoms with Gasteiger partial charge in [0.15, 0.2) is 0 Å². The van der Waals surface area contributed by atoms with Gasteiger partial charge >= 0.3 is 5.97 Å². The highest BCUT2D eigenvalue weighted by Crippen LogP contribution is 2.36. The van der Waals surface area contributed by atoms with Gasteiger partial charge in [-0.25, -0.2) is 0 Å². The number of carbonyl (C=O) groups is 1. The van der Waals surface area contributed by atoms with Crippen LogP contribution in [0.1, 0.15) is 51.9 Å². The molecule has 0 aromatic rings. The van der Waals surface area contributed by atoms with Gasteiger partial charge in [0.2, 0.25) is 0 Å². The monoisotopic (exact) mass is 378 g/mol. The van der Waals surface area contributed by atoms with Gasteiger partial charge < -0.3 is 20.4 Å². The van der Waals surface area contributed by atoms with Crippen LogP contribution in [-0.2, 0) is 4.79 Å². The van der Waals surface area contributed by atoms with Crippen LogP contribution >= 0.6 is 0 Å². The van der Waals surface area contributed by atoms with Gasteiger partial charge in [0, 0.05) is 18.8 Å². The van der Waals surface area contributed by atoms with Crippen LogP contribution in [0.15, 0.2) is 48.6 Å². The van der Waals surface area contributed by atoms with Crippen molar-refractivity contribution in [1.29, 1.82) is 0 Å². The minimum Gasteiger partial charge on any atom is -0.481 e. The van der Waals surface area contributed by atoms with Crippen LogP contribution in [0, 0.1) is 11.8 Å². The van der Waals surface area contributed by atoms with E-state index < -0.39 is 24.3 Å². The minimum absolute atomic E-state index is 0.0677. The molecule has 1 aliphatic carbocycles. The van der Waals surface area contributed by atoms with Crippen molar-refractivity contribution >= 4 is 5.97 Å². The van der Waals surface area contributed by atoms with Crippen molar-refractivity contribution in [2.45, 2.75) is 70.2 Å². The highest BCUT2D eigenvalue weighted by Gasteiger charge is 2.39. The molecule has 0 spiro atoms. The molecule has 0 aromatic carbocycles. The Balaban J connectivity index is 2.47. The Morgan fingerprint density at radius 2 is 1.81 bits per heavy atom. The van der Waals surface area contributed by atoms with E-state index in [-0.39, 0.29) is 18.3 Å². The smallest absolute Gasteiger partial charge is 0.303 e. The number of aliphatic hydroxyl groups excluding tert-OH is 3. The lowest BCUT2D eigenvalue weighted by Crippen LogP contribution is -2.20. The molecular weight excluding hydrogens is 344 g/mol. The predicted molar refractivity (Wildman–Crippen MR) is 107 cm³/mol. The molecule has 1 fully saturated rings. The number of aliphatic carboxylic acids is 1. The number of hydrogen-bond acceptors (Lipinski definition) is 4. The van der Waals surface area contributed by atoms with E-state index in [9.17, 15) is 20.1 Å². The molecule has 0 unspecified atom stereocenters. The first-order valence-corrected chi connectivity index (χ1v) is 9.85. The quantitative estimate of drug-likeness (QED) is 0.390. The van der Waals surface area contributed by atoms with Crippen molar-refractivity contribution in [2.24, 2.45) is 11.8 Å². The lowest BCUT2D eigenvalue weighted by atomic mass is 9.89. The second kappa shape index (κ2) is 13.5. The summed E-state index contributed by atoms with van der Waals surface area (Å²) >= 11 is 0. The topological polar surface area (TPSA) is 98.0 Å². The summed E-state index contributed by atoms with van der Waals surface area (Å²) in [6, 6.07) is 0. The van der Waals surface area contributed by atoms with Gasteiger partial charge in [-0.3, -0.25) is 4.79 Å². The lowest BCUT2D eigenvalue weighted by molar-refractivity contribution is -0.136. The molecule has 27 heavy (non-hydrogen) atoms. The van der Waals surface area contributed by atoms with Crippen LogP contribution in [0.2, 0.25) is 0 Å². The average molecular weight is 379 g/mol. The molecule has 0 heterocycles. The van der Waals surface area contributed by atoms with Crippen molar-refractivity contribution in [2.75, 3.05) is 0 Å². The third-order valence-electron chi connectivity index (χ3n) is 4.79. The van der Waals surface area contributed by atoms with E-state index in [0.717, 1.165) is 6.42 Å². The standard InChI is InChI=1S/C22H34O5/c1-2-3-8-11-17(23)14-15-19-18(20(24)16-21(19)25)12-9-6-4-5-7-10-13-22(26)27/h3,5-9,14-15,17-21,23-25H,2,4,10-13,16H2,1H3,(H,26,27)/b7-5-,8-3-,9-6-,15-14+/t17-,18-,19+,20+,21-/m1/s1. The molecule has 1 rings (SSSR count). The first-order chi connectivity index (χ1) is 13.0. The van der Waals surface area contributed by atoms with Crippen LogP contribution in [0.3, 0.4) is 0 Å². The highest BCUT2D eigenvalue weighted by atomic mass is 16.4. The van der Waals surface area contributed by atoms with E-state index in [4.69, 9.17) is 5.11 Å². The molecular formula is C22H34O5. The second-order valence-electron chi connectivity index (χ2n) is 7.03. The predicted octanol–water partition coefficient (Wildman–Crippen LogP) is 3.38. The van der Waals surface area contributed by atoms with Gasteiger partial charge in [0.1, 0.15) is 0 Å². The molecule has 5 heteroatoms. The Hall–Kier alpha value is -1.69. The molecule has 0 aromatic heterocycles. The molecule has 0 radical (unpaired) electrons. The summed E-state index contributed by atoms with van der Waals surface area (Å²) < 4.78 is 0. The molecule has 1 saturated carbocycles. The fourth-order valence-electron chi connectivity index (χ4n) is 3.29.